The molecule has 0 aliphatic carbocycles. The summed E-state index contributed by atoms with van der Waals surface area (Å²) in [6.45, 7) is 5.24. The molecule has 0 spiro atoms. The maximum atomic E-state index is 5.98. The van der Waals surface area contributed by atoms with Gasteiger partial charge < -0.3 is 4.74 Å². The van der Waals surface area contributed by atoms with Gasteiger partial charge in [-0.15, -0.1) is 16.4 Å². The first kappa shape index (κ1) is 17.5. The monoisotopic (exact) mass is 391 g/mol. The highest BCUT2D eigenvalue weighted by molar-refractivity contribution is 7.09. The van der Waals surface area contributed by atoms with Gasteiger partial charge in [0.2, 0.25) is 0 Å². The van der Waals surface area contributed by atoms with Crippen LogP contribution in [0, 0.1) is 6.92 Å². The minimum absolute atomic E-state index is 0.117. The standard InChI is InChI=1S/C21H21N5OS/c1-15-22-18(14-28-15)12-25-9-10-27-19(13-25)21-23-20-8-7-17(11-26(20)24-21)16-5-3-2-4-6-16/h2-8,11,14,19H,9-10,12-13H2,1H3/t19-/m1/s1. The van der Waals surface area contributed by atoms with Crippen LogP contribution in [0.1, 0.15) is 22.6 Å². The number of ether oxygens (including phenoxy) is 1. The molecule has 0 radical (unpaired) electrons. The predicted molar refractivity (Wildman–Crippen MR) is 109 cm³/mol. The zero-order valence-corrected chi connectivity index (χ0v) is 16.5. The third-order valence-corrected chi connectivity index (χ3v) is 5.77. The zero-order chi connectivity index (χ0) is 18.9. The summed E-state index contributed by atoms with van der Waals surface area (Å²) in [5.41, 5.74) is 4.25. The van der Waals surface area contributed by atoms with Gasteiger partial charge in [-0.1, -0.05) is 30.3 Å². The van der Waals surface area contributed by atoms with E-state index in [4.69, 9.17) is 14.8 Å². The Morgan fingerprint density at radius 1 is 1.11 bits per heavy atom. The molecular weight excluding hydrogens is 370 g/mol. The number of hydrogen-bond donors (Lipinski definition) is 0. The molecule has 142 valence electrons. The van der Waals surface area contributed by atoms with Gasteiger partial charge in [0.1, 0.15) is 6.10 Å². The van der Waals surface area contributed by atoms with E-state index in [0.29, 0.717) is 6.61 Å². The lowest BCUT2D eigenvalue weighted by Gasteiger charge is -2.30. The predicted octanol–water partition coefficient (Wildman–Crippen LogP) is 3.73. The van der Waals surface area contributed by atoms with Crippen LogP contribution in [-0.4, -0.2) is 44.2 Å². The molecule has 0 saturated carbocycles. The van der Waals surface area contributed by atoms with Crippen molar-refractivity contribution in [3.8, 4) is 11.1 Å². The number of benzene rings is 1. The highest BCUT2D eigenvalue weighted by Gasteiger charge is 2.26. The van der Waals surface area contributed by atoms with Crippen molar-refractivity contribution in [3.63, 3.8) is 0 Å². The van der Waals surface area contributed by atoms with Crippen LogP contribution in [0.5, 0.6) is 0 Å². The van der Waals surface area contributed by atoms with E-state index in [1.807, 2.05) is 41.9 Å². The van der Waals surface area contributed by atoms with Crippen LogP contribution in [0.25, 0.3) is 16.8 Å². The molecule has 0 bridgehead atoms. The summed E-state index contributed by atoms with van der Waals surface area (Å²) >= 11 is 1.70. The van der Waals surface area contributed by atoms with Gasteiger partial charge >= 0.3 is 0 Å². The minimum atomic E-state index is -0.117. The Kier molecular flexibility index (Phi) is 4.64. The minimum Gasteiger partial charge on any atom is -0.367 e. The number of nitrogens with zero attached hydrogens (tertiary/aromatic N) is 5. The molecule has 1 aliphatic rings. The van der Waals surface area contributed by atoms with Crippen molar-refractivity contribution >= 4 is 17.0 Å². The van der Waals surface area contributed by atoms with Crippen molar-refractivity contribution in [1.29, 1.82) is 0 Å². The second kappa shape index (κ2) is 7.43. The summed E-state index contributed by atoms with van der Waals surface area (Å²) in [7, 11) is 0. The molecule has 1 atom stereocenters. The molecule has 7 heteroatoms. The molecule has 6 nitrogen and oxygen atoms in total. The summed E-state index contributed by atoms with van der Waals surface area (Å²) in [6.07, 6.45) is 1.91. The van der Waals surface area contributed by atoms with Crippen molar-refractivity contribution in [2.45, 2.75) is 19.6 Å². The number of aromatic nitrogens is 4. The summed E-state index contributed by atoms with van der Waals surface area (Å²) in [5.74, 6) is 0.740. The maximum Gasteiger partial charge on any atom is 0.181 e. The van der Waals surface area contributed by atoms with E-state index < -0.39 is 0 Å². The van der Waals surface area contributed by atoms with Gasteiger partial charge in [-0.2, -0.15) is 0 Å². The van der Waals surface area contributed by atoms with Gasteiger partial charge in [0.25, 0.3) is 0 Å². The summed E-state index contributed by atoms with van der Waals surface area (Å²) < 4.78 is 7.83. The van der Waals surface area contributed by atoms with Gasteiger partial charge in [0.15, 0.2) is 11.5 Å². The van der Waals surface area contributed by atoms with Crippen molar-refractivity contribution in [2.75, 3.05) is 19.7 Å². The molecule has 1 aliphatic heterocycles. The molecule has 0 unspecified atom stereocenters. The summed E-state index contributed by atoms with van der Waals surface area (Å²) in [4.78, 5) is 11.6. The summed E-state index contributed by atoms with van der Waals surface area (Å²) in [6, 6.07) is 14.4. The third-order valence-electron chi connectivity index (χ3n) is 4.95. The first-order chi connectivity index (χ1) is 13.7. The lowest BCUT2D eigenvalue weighted by molar-refractivity contribution is -0.0373. The van der Waals surface area contributed by atoms with E-state index in [1.165, 1.54) is 5.56 Å². The van der Waals surface area contributed by atoms with Gasteiger partial charge in [-0.25, -0.2) is 14.5 Å². The molecule has 4 heterocycles. The number of hydrogen-bond acceptors (Lipinski definition) is 6. The molecule has 0 N–H and O–H groups in total. The van der Waals surface area contributed by atoms with Crippen LogP contribution in [0.15, 0.2) is 54.0 Å². The number of thiazole rings is 1. The topological polar surface area (TPSA) is 55.5 Å². The molecule has 1 aromatic carbocycles. The van der Waals surface area contributed by atoms with Gasteiger partial charge in [-0.3, -0.25) is 4.90 Å². The Balaban J connectivity index is 1.36. The molecule has 5 rings (SSSR count). The average molecular weight is 392 g/mol. The summed E-state index contributed by atoms with van der Waals surface area (Å²) in [5, 5.41) is 7.95. The first-order valence-electron chi connectivity index (χ1n) is 9.41. The van der Waals surface area contributed by atoms with E-state index in [2.05, 4.69) is 33.5 Å². The molecule has 0 amide bonds. The van der Waals surface area contributed by atoms with E-state index in [1.54, 1.807) is 11.3 Å². The molecule has 4 aromatic rings. The molecule has 1 fully saturated rings. The van der Waals surface area contributed by atoms with Gasteiger partial charge in [0.05, 0.1) is 17.3 Å². The number of morpholine rings is 1. The third kappa shape index (κ3) is 3.56. The number of pyridine rings is 1. The van der Waals surface area contributed by atoms with Gasteiger partial charge in [-0.05, 0) is 24.6 Å². The maximum absolute atomic E-state index is 5.98. The Hall–Kier alpha value is -2.61. The Labute approximate surface area is 167 Å². The number of aryl methyl sites for hydroxylation is 1. The van der Waals surface area contributed by atoms with Crippen LogP contribution in [-0.2, 0) is 11.3 Å². The molecule has 28 heavy (non-hydrogen) atoms. The van der Waals surface area contributed by atoms with Crippen molar-refractivity contribution < 1.29 is 4.74 Å². The van der Waals surface area contributed by atoms with Crippen LogP contribution < -0.4 is 0 Å². The van der Waals surface area contributed by atoms with E-state index in [-0.39, 0.29) is 6.10 Å². The van der Waals surface area contributed by atoms with Crippen LogP contribution in [0.4, 0.5) is 0 Å². The lowest BCUT2D eigenvalue weighted by Crippen LogP contribution is -2.38. The quantitative estimate of drug-likeness (QED) is 0.530. The zero-order valence-electron chi connectivity index (χ0n) is 15.7. The fourth-order valence-corrected chi connectivity index (χ4v) is 4.15. The molecule has 1 saturated heterocycles. The van der Waals surface area contributed by atoms with E-state index in [0.717, 1.165) is 47.4 Å². The fourth-order valence-electron chi connectivity index (χ4n) is 3.55. The number of fused-ring (bicyclic) bond motifs is 1. The van der Waals surface area contributed by atoms with Crippen LogP contribution in [0.3, 0.4) is 0 Å². The Morgan fingerprint density at radius 2 is 2.00 bits per heavy atom. The van der Waals surface area contributed by atoms with Crippen LogP contribution in [0.2, 0.25) is 0 Å². The smallest absolute Gasteiger partial charge is 0.181 e. The van der Waals surface area contributed by atoms with Crippen molar-refractivity contribution in [2.24, 2.45) is 0 Å². The Bertz CT molecular complexity index is 1090. The number of rotatable bonds is 4. The lowest BCUT2D eigenvalue weighted by atomic mass is 10.1. The highest BCUT2D eigenvalue weighted by Crippen LogP contribution is 2.24. The second-order valence-corrected chi connectivity index (χ2v) is 8.07. The van der Waals surface area contributed by atoms with E-state index >= 15 is 0 Å². The average Bonchev–Trinajstić information content (AvgIpc) is 3.34. The fraction of sp³-hybridized carbons (Fsp3) is 0.286. The highest BCUT2D eigenvalue weighted by atomic mass is 32.1. The normalized spacial score (nSPS) is 18.0. The van der Waals surface area contributed by atoms with Crippen molar-refractivity contribution in [1.82, 2.24) is 24.5 Å². The van der Waals surface area contributed by atoms with Crippen molar-refractivity contribution in [3.05, 3.63) is 70.6 Å². The van der Waals surface area contributed by atoms with Crippen LogP contribution >= 0.6 is 11.3 Å². The SMILES string of the molecule is Cc1nc(CN2CCO[C@@H](c3nc4ccc(-c5ccccc5)cn4n3)C2)cs1. The Morgan fingerprint density at radius 3 is 2.82 bits per heavy atom. The van der Waals surface area contributed by atoms with E-state index in [9.17, 15) is 0 Å². The largest absolute Gasteiger partial charge is 0.367 e. The molecular formula is C21H21N5OS. The second-order valence-electron chi connectivity index (χ2n) is 7.01. The molecule has 3 aromatic heterocycles. The van der Waals surface area contributed by atoms with Gasteiger partial charge in [0, 0.05) is 36.8 Å². The first-order valence-corrected chi connectivity index (χ1v) is 10.3.